The summed E-state index contributed by atoms with van der Waals surface area (Å²) < 4.78 is 3.87. The van der Waals surface area contributed by atoms with Crippen LogP contribution < -0.4 is 0 Å². The third-order valence-electron chi connectivity index (χ3n) is 2.02. The number of aromatic nitrogens is 2. The Bertz CT molecular complexity index is 421. The van der Waals surface area contributed by atoms with Gasteiger partial charge in [-0.3, -0.25) is 0 Å². The van der Waals surface area contributed by atoms with E-state index in [9.17, 15) is 0 Å². The summed E-state index contributed by atoms with van der Waals surface area (Å²) in [5.74, 6) is 0. The Balaban J connectivity index is 2.46. The van der Waals surface area contributed by atoms with E-state index in [1.807, 2.05) is 23.6 Å². The Kier molecular flexibility index (Phi) is 2.70. The van der Waals surface area contributed by atoms with Crippen molar-refractivity contribution in [1.29, 1.82) is 0 Å². The van der Waals surface area contributed by atoms with Crippen molar-refractivity contribution in [3.63, 3.8) is 0 Å². The molecule has 2 nitrogen and oxygen atoms in total. The fraction of sp³-hybridized carbons (Fsp3) is 0.0909. The molecule has 0 spiro atoms. The maximum absolute atomic E-state index is 4.06. The van der Waals surface area contributed by atoms with Crippen LogP contribution in [-0.4, -0.2) is 9.59 Å². The van der Waals surface area contributed by atoms with E-state index < -0.39 is 0 Å². The highest BCUT2D eigenvalue weighted by Gasteiger charge is 2.04. The summed E-state index contributed by atoms with van der Waals surface area (Å²) in [6.45, 7) is 3.74. The van der Waals surface area contributed by atoms with Gasteiger partial charge in [-0.1, -0.05) is 34.8 Å². The number of nitrogens with zero attached hydrogens (tertiary/aromatic N) is 2. The van der Waals surface area contributed by atoms with Gasteiger partial charge in [0.2, 0.25) is 0 Å². The quantitative estimate of drug-likeness (QED) is 0.715. The maximum atomic E-state index is 4.06. The summed E-state index contributed by atoms with van der Waals surface area (Å²) in [4.78, 5) is 0. The van der Waals surface area contributed by atoms with Crippen molar-refractivity contribution in [2.24, 2.45) is 0 Å². The van der Waals surface area contributed by atoms with Crippen molar-refractivity contribution < 1.29 is 0 Å². The standard InChI is InChI=1S/C11H10N2S/c1-2-5-9-6-3-4-7-10(9)11-8-14-13-12-11/h2-4,6-8H,1,5H2. The first-order valence-corrected chi connectivity index (χ1v) is 5.21. The molecule has 0 unspecified atom stereocenters. The van der Waals surface area contributed by atoms with E-state index in [4.69, 9.17) is 0 Å². The molecule has 0 atom stereocenters. The molecule has 0 N–H and O–H groups in total. The van der Waals surface area contributed by atoms with E-state index in [2.05, 4.69) is 28.3 Å². The normalized spacial score (nSPS) is 10.0. The minimum Gasteiger partial charge on any atom is -0.138 e. The zero-order chi connectivity index (χ0) is 9.80. The summed E-state index contributed by atoms with van der Waals surface area (Å²) in [7, 11) is 0. The third kappa shape index (κ3) is 1.72. The molecule has 2 aromatic rings. The Labute approximate surface area is 87.1 Å². The highest BCUT2D eigenvalue weighted by Crippen LogP contribution is 2.22. The Morgan fingerprint density at radius 1 is 1.36 bits per heavy atom. The topological polar surface area (TPSA) is 25.8 Å². The lowest BCUT2D eigenvalue weighted by molar-refractivity contribution is 1.15. The highest BCUT2D eigenvalue weighted by atomic mass is 32.1. The summed E-state index contributed by atoms with van der Waals surface area (Å²) in [6, 6.07) is 8.20. The second kappa shape index (κ2) is 4.15. The van der Waals surface area contributed by atoms with Gasteiger partial charge in [0.25, 0.3) is 0 Å². The molecule has 70 valence electrons. The average Bonchev–Trinajstić information content (AvgIpc) is 2.72. The molecule has 1 heterocycles. The van der Waals surface area contributed by atoms with E-state index >= 15 is 0 Å². The highest BCUT2D eigenvalue weighted by molar-refractivity contribution is 7.03. The van der Waals surface area contributed by atoms with Crippen LogP contribution in [0.5, 0.6) is 0 Å². The van der Waals surface area contributed by atoms with Gasteiger partial charge in [-0.2, -0.15) is 0 Å². The summed E-state index contributed by atoms with van der Waals surface area (Å²) >= 11 is 1.37. The molecule has 2 rings (SSSR count). The lowest BCUT2D eigenvalue weighted by Crippen LogP contribution is -1.87. The molecule has 0 aliphatic carbocycles. The van der Waals surface area contributed by atoms with Gasteiger partial charge in [-0.15, -0.1) is 11.7 Å². The SMILES string of the molecule is C=CCc1ccccc1-c1csnn1. The lowest BCUT2D eigenvalue weighted by Gasteiger charge is -2.03. The molecule has 0 fully saturated rings. The number of allylic oxidation sites excluding steroid dienone is 1. The van der Waals surface area contributed by atoms with Crippen molar-refractivity contribution in [1.82, 2.24) is 9.59 Å². The molecule has 0 amide bonds. The molecular weight excluding hydrogens is 192 g/mol. The fourth-order valence-electron chi connectivity index (χ4n) is 1.39. The molecule has 1 aromatic carbocycles. The van der Waals surface area contributed by atoms with Crippen LogP contribution in [0.2, 0.25) is 0 Å². The fourth-order valence-corrected chi connectivity index (χ4v) is 1.84. The first-order chi connectivity index (χ1) is 6.92. The number of rotatable bonds is 3. The minimum atomic E-state index is 0.869. The van der Waals surface area contributed by atoms with E-state index in [-0.39, 0.29) is 0 Å². The van der Waals surface area contributed by atoms with Gasteiger partial charge in [0.05, 0.1) is 0 Å². The zero-order valence-corrected chi connectivity index (χ0v) is 8.50. The summed E-state index contributed by atoms with van der Waals surface area (Å²) in [5.41, 5.74) is 3.35. The van der Waals surface area contributed by atoms with E-state index in [1.165, 1.54) is 17.1 Å². The van der Waals surface area contributed by atoms with Gasteiger partial charge in [-0.25, -0.2) is 0 Å². The Morgan fingerprint density at radius 3 is 2.93 bits per heavy atom. The van der Waals surface area contributed by atoms with Gasteiger partial charge in [0.15, 0.2) is 0 Å². The van der Waals surface area contributed by atoms with Crippen LogP contribution >= 0.6 is 11.5 Å². The van der Waals surface area contributed by atoms with Crippen LogP contribution in [0.3, 0.4) is 0 Å². The largest absolute Gasteiger partial charge is 0.138 e. The third-order valence-corrected chi connectivity index (χ3v) is 2.52. The molecule has 14 heavy (non-hydrogen) atoms. The van der Waals surface area contributed by atoms with Crippen molar-refractivity contribution in [3.8, 4) is 11.3 Å². The van der Waals surface area contributed by atoms with Crippen LogP contribution in [0.15, 0.2) is 42.3 Å². The molecule has 0 saturated carbocycles. The lowest BCUT2D eigenvalue weighted by atomic mass is 10.0. The number of benzene rings is 1. The van der Waals surface area contributed by atoms with Gasteiger partial charge in [0.1, 0.15) is 5.69 Å². The maximum Gasteiger partial charge on any atom is 0.106 e. The molecule has 0 bridgehead atoms. The minimum absolute atomic E-state index is 0.869. The Hall–Kier alpha value is -1.48. The van der Waals surface area contributed by atoms with Crippen molar-refractivity contribution in [3.05, 3.63) is 47.9 Å². The van der Waals surface area contributed by atoms with Gasteiger partial charge in [0, 0.05) is 10.9 Å². The monoisotopic (exact) mass is 202 g/mol. The van der Waals surface area contributed by atoms with Crippen LogP contribution in [0, 0.1) is 0 Å². The van der Waals surface area contributed by atoms with E-state index in [0.29, 0.717) is 0 Å². The van der Waals surface area contributed by atoms with Crippen LogP contribution in [0.25, 0.3) is 11.3 Å². The molecule has 0 aliphatic rings. The molecule has 0 radical (unpaired) electrons. The molecule has 3 heteroatoms. The zero-order valence-electron chi connectivity index (χ0n) is 7.68. The van der Waals surface area contributed by atoms with Gasteiger partial charge in [-0.05, 0) is 23.5 Å². The van der Waals surface area contributed by atoms with Gasteiger partial charge >= 0.3 is 0 Å². The number of hydrogen-bond donors (Lipinski definition) is 0. The van der Waals surface area contributed by atoms with Crippen LogP contribution in [0.1, 0.15) is 5.56 Å². The molecule has 0 aliphatic heterocycles. The summed E-state index contributed by atoms with van der Waals surface area (Å²) in [6.07, 6.45) is 2.77. The molecule has 1 aromatic heterocycles. The molecular formula is C11H10N2S. The molecule has 0 saturated heterocycles. The first kappa shape index (κ1) is 9.09. The van der Waals surface area contributed by atoms with Gasteiger partial charge < -0.3 is 0 Å². The average molecular weight is 202 g/mol. The van der Waals surface area contributed by atoms with Crippen LogP contribution in [-0.2, 0) is 6.42 Å². The van der Waals surface area contributed by atoms with Crippen molar-refractivity contribution >= 4 is 11.5 Å². The number of hydrogen-bond acceptors (Lipinski definition) is 3. The Morgan fingerprint density at radius 2 is 2.21 bits per heavy atom. The second-order valence-corrected chi connectivity index (χ2v) is 3.55. The van der Waals surface area contributed by atoms with Crippen molar-refractivity contribution in [2.45, 2.75) is 6.42 Å². The van der Waals surface area contributed by atoms with E-state index in [0.717, 1.165) is 17.7 Å². The predicted molar refractivity (Wildman–Crippen MR) is 59.2 cm³/mol. The van der Waals surface area contributed by atoms with Crippen LogP contribution in [0.4, 0.5) is 0 Å². The predicted octanol–water partition coefficient (Wildman–Crippen LogP) is 2.93. The second-order valence-electron chi connectivity index (χ2n) is 2.94. The summed E-state index contributed by atoms with van der Waals surface area (Å²) in [5, 5.41) is 6.02. The first-order valence-electron chi connectivity index (χ1n) is 4.38. The van der Waals surface area contributed by atoms with Crippen molar-refractivity contribution in [2.75, 3.05) is 0 Å². The smallest absolute Gasteiger partial charge is 0.106 e. The van der Waals surface area contributed by atoms with E-state index in [1.54, 1.807) is 0 Å².